The van der Waals surface area contributed by atoms with Gasteiger partial charge < -0.3 is 40.4 Å². The molecular formula is C23H34N3O10P. The van der Waals surface area contributed by atoms with Crippen molar-refractivity contribution in [3.8, 4) is 0 Å². The standard InChI is InChI=1S/C23H34N3O10P/c1-11(2)8-16(26-37(33,34)36-23-20(29)19(28)18(27)12(3)35-23)21(30)25-17(22(31)32)9-13-10-24-15-7-5-4-6-14(13)15/h4-7,10-12,16-20,23-24,27-29H,8-9H2,1-3H3,(H,25,30)(H,31,32)(H2,26,33,34)/t12?,16-,17-,18?,19?,20?,23?/m1/s1. The van der Waals surface area contributed by atoms with E-state index in [0.717, 1.165) is 10.9 Å². The Balaban J connectivity index is 1.72. The maximum atomic E-state index is 13.1. The predicted octanol–water partition coefficient (Wildman–Crippen LogP) is 0.229. The average molecular weight is 544 g/mol. The number of para-hydroxylation sites is 1. The number of aliphatic carboxylic acids is 1. The zero-order chi connectivity index (χ0) is 27.5. The monoisotopic (exact) mass is 543 g/mol. The number of carbonyl (C=O) groups is 2. The maximum absolute atomic E-state index is 13.1. The van der Waals surface area contributed by atoms with E-state index in [9.17, 15) is 39.5 Å². The lowest BCUT2D eigenvalue weighted by Gasteiger charge is -2.39. The number of carboxylic acid groups (broad SMARTS) is 1. The smallest absolute Gasteiger partial charge is 0.406 e. The Labute approximate surface area is 213 Å². The van der Waals surface area contributed by atoms with E-state index in [-0.39, 0.29) is 18.8 Å². The Morgan fingerprint density at radius 3 is 2.46 bits per heavy atom. The zero-order valence-electron chi connectivity index (χ0n) is 20.6. The van der Waals surface area contributed by atoms with E-state index in [0.29, 0.717) is 5.56 Å². The summed E-state index contributed by atoms with van der Waals surface area (Å²) in [5.41, 5.74) is 1.48. The summed E-state index contributed by atoms with van der Waals surface area (Å²) in [5.74, 6) is -2.27. The summed E-state index contributed by atoms with van der Waals surface area (Å²) >= 11 is 0. The van der Waals surface area contributed by atoms with E-state index in [1.165, 1.54) is 6.92 Å². The number of carbonyl (C=O) groups excluding carboxylic acids is 1. The fourth-order valence-electron chi connectivity index (χ4n) is 4.15. The second-order valence-electron chi connectivity index (χ2n) is 9.58. The lowest BCUT2D eigenvalue weighted by Crippen LogP contribution is -2.57. The second-order valence-corrected chi connectivity index (χ2v) is 11.1. The quantitative estimate of drug-likeness (QED) is 0.180. The molecule has 6 unspecified atom stereocenters. The molecule has 1 saturated heterocycles. The van der Waals surface area contributed by atoms with Gasteiger partial charge in [-0.2, -0.15) is 0 Å². The number of H-pyrrole nitrogens is 1. The number of hydrogen-bond acceptors (Lipinski definition) is 8. The lowest BCUT2D eigenvalue weighted by molar-refractivity contribution is -0.270. The average Bonchev–Trinajstić information content (AvgIpc) is 3.22. The van der Waals surface area contributed by atoms with E-state index in [2.05, 4.69) is 15.4 Å². The van der Waals surface area contributed by atoms with E-state index < -0.39 is 62.4 Å². The van der Waals surface area contributed by atoms with Crippen molar-refractivity contribution in [3.05, 3.63) is 36.0 Å². The Kier molecular flexibility index (Phi) is 9.48. The molecule has 0 spiro atoms. The van der Waals surface area contributed by atoms with Crippen LogP contribution in [0.3, 0.4) is 0 Å². The van der Waals surface area contributed by atoms with Gasteiger partial charge in [-0.25, -0.2) is 14.4 Å². The molecule has 2 heterocycles. The molecule has 1 aliphatic rings. The third-order valence-corrected chi connectivity index (χ3v) is 7.24. The van der Waals surface area contributed by atoms with Crippen LogP contribution in [0.25, 0.3) is 10.9 Å². The first-order valence-electron chi connectivity index (χ1n) is 11.9. The minimum Gasteiger partial charge on any atom is -0.480 e. The molecule has 1 aromatic carbocycles. The van der Waals surface area contributed by atoms with Crippen molar-refractivity contribution < 1.29 is 48.7 Å². The molecule has 2 aromatic rings. The lowest BCUT2D eigenvalue weighted by atomic mass is 10.0. The van der Waals surface area contributed by atoms with E-state index in [4.69, 9.17) is 9.26 Å². The van der Waals surface area contributed by atoms with Crippen LogP contribution in [0.1, 0.15) is 32.8 Å². The first-order chi connectivity index (χ1) is 17.3. The van der Waals surface area contributed by atoms with Crippen LogP contribution in [0, 0.1) is 5.92 Å². The summed E-state index contributed by atoms with van der Waals surface area (Å²) in [6.07, 6.45) is -6.08. The van der Waals surface area contributed by atoms with Crippen LogP contribution in [0.15, 0.2) is 30.5 Å². The van der Waals surface area contributed by atoms with Gasteiger partial charge in [0.15, 0.2) is 6.29 Å². The number of aliphatic hydroxyl groups excluding tert-OH is 3. The van der Waals surface area contributed by atoms with Crippen LogP contribution in [0.2, 0.25) is 0 Å². The molecule has 8 N–H and O–H groups in total. The fraction of sp³-hybridized carbons (Fsp3) is 0.565. The Morgan fingerprint density at radius 2 is 1.81 bits per heavy atom. The van der Waals surface area contributed by atoms with Gasteiger partial charge >= 0.3 is 13.7 Å². The highest BCUT2D eigenvalue weighted by molar-refractivity contribution is 7.50. The summed E-state index contributed by atoms with van der Waals surface area (Å²) in [4.78, 5) is 38.5. The third-order valence-electron chi connectivity index (χ3n) is 6.11. The van der Waals surface area contributed by atoms with Crippen molar-refractivity contribution in [1.82, 2.24) is 15.4 Å². The maximum Gasteiger partial charge on any atom is 0.406 e. The SMILES string of the molecule is CC(C)C[C@@H](NP(=O)(O)OC1OC(C)C(O)C(O)C1O)C(=O)N[C@H](Cc1c[nH]c2ccccc12)C(=O)O. The highest BCUT2D eigenvalue weighted by Gasteiger charge is 2.45. The van der Waals surface area contributed by atoms with Crippen molar-refractivity contribution in [2.24, 2.45) is 5.92 Å². The van der Waals surface area contributed by atoms with Gasteiger partial charge in [0.2, 0.25) is 5.91 Å². The van der Waals surface area contributed by atoms with Crippen LogP contribution in [-0.2, 0) is 29.8 Å². The number of amides is 1. The molecule has 13 nitrogen and oxygen atoms in total. The van der Waals surface area contributed by atoms with Crippen molar-refractivity contribution in [1.29, 1.82) is 0 Å². The van der Waals surface area contributed by atoms with E-state index >= 15 is 0 Å². The number of benzene rings is 1. The highest BCUT2D eigenvalue weighted by atomic mass is 31.2. The fourth-order valence-corrected chi connectivity index (χ4v) is 5.28. The number of aromatic amines is 1. The van der Waals surface area contributed by atoms with Crippen LogP contribution in [0.5, 0.6) is 0 Å². The van der Waals surface area contributed by atoms with Crippen LogP contribution in [-0.4, -0.2) is 85.0 Å². The molecule has 14 heteroatoms. The Hall–Kier alpha value is -2.35. The van der Waals surface area contributed by atoms with Gasteiger partial charge in [-0.1, -0.05) is 32.0 Å². The summed E-state index contributed by atoms with van der Waals surface area (Å²) in [6.45, 7) is 4.90. The molecule has 0 aliphatic carbocycles. The highest BCUT2D eigenvalue weighted by Crippen LogP contribution is 2.42. The number of carboxylic acids is 1. The van der Waals surface area contributed by atoms with E-state index in [1.807, 2.05) is 24.3 Å². The van der Waals surface area contributed by atoms with Crippen LogP contribution >= 0.6 is 7.75 Å². The van der Waals surface area contributed by atoms with Gasteiger partial charge in [-0.15, -0.1) is 0 Å². The topological polar surface area (TPSA) is 211 Å². The Morgan fingerprint density at radius 1 is 1.14 bits per heavy atom. The molecule has 8 atom stereocenters. The number of nitrogens with one attached hydrogen (secondary N) is 3. The van der Waals surface area contributed by atoms with Gasteiger partial charge in [0.05, 0.1) is 12.1 Å². The molecule has 3 rings (SSSR count). The van der Waals surface area contributed by atoms with Crippen molar-refractivity contribution in [2.45, 2.75) is 76.4 Å². The zero-order valence-corrected chi connectivity index (χ0v) is 21.5. The number of fused-ring (bicyclic) bond motifs is 1. The number of aliphatic hydroxyl groups is 3. The minimum atomic E-state index is -4.83. The largest absolute Gasteiger partial charge is 0.480 e. The molecule has 1 aliphatic heterocycles. The number of hydrogen-bond donors (Lipinski definition) is 8. The van der Waals surface area contributed by atoms with Crippen LogP contribution < -0.4 is 10.4 Å². The normalized spacial score (nSPS) is 27.5. The molecule has 37 heavy (non-hydrogen) atoms. The summed E-state index contributed by atoms with van der Waals surface area (Å²) < 4.78 is 23.0. The molecule has 1 aromatic heterocycles. The van der Waals surface area contributed by atoms with Gasteiger partial charge in [0.25, 0.3) is 0 Å². The predicted molar refractivity (Wildman–Crippen MR) is 131 cm³/mol. The van der Waals surface area contributed by atoms with Gasteiger partial charge in [-0.3, -0.25) is 9.32 Å². The molecular weight excluding hydrogens is 509 g/mol. The summed E-state index contributed by atoms with van der Waals surface area (Å²) in [6, 6.07) is 4.63. The molecule has 0 bridgehead atoms. The number of rotatable bonds is 11. The van der Waals surface area contributed by atoms with Crippen molar-refractivity contribution >= 4 is 30.5 Å². The van der Waals surface area contributed by atoms with Crippen LogP contribution in [0.4, 0.5) is 0 Å². The van der Waals surface area contributed by atoms with Crippen molar-refractivity contribution in [2.75, 3.05) is 0 Å². The summed E-state index contributed by atoms with van der Waals surface area (Å²) in [7, 11) is -4.83. The molecule has 206 valence electrons. The second kappa shape index (κ2) is 12.0. The van der Waals surface area contributed by atoms with Crippen molar-refractivity contribution in [3.63, 3.8) is 0 Å². The molecule has 0 saturated carbocycles. The number of ether oxygens (including phenoxy) is 1. The molecule has 1 amide bonds. The summed E-state index contributed by atoms with van der Waals surface area (Å²) in [5, 5.41) is 45.0. The first kappa shape index (κ1) is 29.2. The first-order valence-corrected chi connectivity index (χ1v) is 13.4. The van der Waals surface area contributed by atoms with E-state index in [1.54, 1.807) is 20.0 Å². The molecule has 0 radical (unpaired) electrons. The minimum absolute atomic E-state index is 0.0347. The van der Waals surface area contributed by atoms with Gasteiger partial charge in [0.1, 0.15) is 24.4 Å². The third kappa shape index (κ3) is 7.37. The molecule has 1 fully saturated rings. The number of aromatic nitrogens is 1. The van der Waals surface area contributed by atoms with Gasteiger partial charge in [0, 0.05) is 23.5 Å². The Bertz CT molecular complexity index is 1140. The van der Waals surface area contributed by atoms with Gasteiger partial charge in [-0.05, 0) is 30.9 Å².